The summed E-state index contributed by atoms with van der Waals surface area (Å²) in [7, 11) is 0. The third-order valence-electron chi connectivity index (χ3n) is 5.13. The van der Waals surface area contributed by atoms with Crippen molar-refractivity contribution < 1.29 is 0 Å². The smallest absolute Gasteiger partial charge is 0.0958 e. The SMILES string of the molecule is C=C(c1nn(CCC2CCCCC2)c2ccccc12)C(C)C. The molecule has 0 radical (unpaired) electrons. The Hall–Kier alpha value is -1.57. The minimum atomic E-state index is 0.435. The van der Waals surface area contributed by atoms with Crippen LogP contribution in [0.1, 0.15) is 58.1 Å². The molecule has 1 saturated carbocycles. The predicted molar refractivity (Wildman–Crippen MR) is 94.8 cm³/mol. The number of allylic oxidation sites excluding steroid dienone is 1. The molecule has 1 aromatic carbocycles. The normalized spacial score (nSPS) is 16.5. The first-order chi connectivity index (χ1) is 10.7. The summed E-state index contributed by atoms with van der Waals surface area (Å²) in [6.45, 7) is 9.69. The second kappa shape index (κ2) is 6.68. The number of aryl methyl sites for hydroxylation is 1. The van der Waals surface area contributed by atoms with Gasteiger partial charge in [0.25, 0.3) is 0 Å². The van der Waals surface area contributed by atoms with Crippen molar-refractivity contribution in [3.8, 4) is 0 Å². The van der Waals surface area contributed by atoms with Gasteiger partial charge in [-0.25, -0.2) is 0 Å². The van der Waals surface area contributed by atoms with E-state index in [4.69, 9.17) is 5.10 Å². The molecule has 2 aromatic rings. The maximum atomic E-state index is 4.91. The van der Waals surface area contributed by atoms with Crippen LogP contribution >= 0.6 is 0 Å². The van der Waals surface area contributed by atoms with Crippen LogP contribution in [0.5, 0.6) is 0 Å². The third-order valence-corrected chi connectivity index (χ3v) is 5.13. The molecule has 3 rings (SSSR count). The number of nitrogens with zero attached hydrogens (tertiary/aromatic N) is 2. The number of rotatable bonds is 5. The molecule has 0 aliphatic heterocycles. The van der Waals surface area contributed by atoms with Gasteiger partial charge in [0.15, 0.2) is 0 Å². The molecule has 0 bridgehead atoms. The topological polar surface area (TPSA) is 17.8 Å². The lowest BCUT2D eigenvalue weighted by Crippen LogP contribution is -2.11. The van der Waals surface area contributed by atoms with Gasteiger partial charge in [-0.3, -0.25) is 4.68 Å². The van der Waals surface area contributed by atoms with E-state index in [0.29, 0.717) is 5.92 Å². The van der Waals surface area contributed by atoms with Gasteiger partial charge >= 0.3 is 0 Å². The number of benzene rings is 1. The highest BCUT2D eigenvalue weighted by Crippen LogP contribution is 2.30. The average Bonchev–Trinajstić information content (AvgIpc) is 2.92. The van der Waals surface area contributed by atoms with Crippen LogP contribution in [0.3, 0.4) is 0 Å². The van der Waals surface area contributed by atoms with Crippen molar-refractivity contribution in [1.82, 2.24) is 9.78 Å². The fourth-order valence-corrected chi connectivity index (χ4v) is 3.59. The highest BCUT2D eigenvalue weighted by atomic mass is 15.3. The van der Waals surface area contributed by atoms with Gasteiger partial charge in [-0.05, 0) is 29.9 Å². The molecule has 0 saturated heterocycles. The summed E-state index contributed by atoms with van der Waals surface area (Å²) in [4.78, 5) is 0. The van der Waals surface area contributed by atoms with E-state index in [0.717, 1.165) is 23.7 Å². The van der Waals surface area contributed by atoms with Gasteiger partial charge in [-0.1, -0.05) is 70.7 Å². The van der Waals surface area contributed by atoms with Crippen molar-refractivity contribution in [2.45, 2.75) is 58.9 Å². The fourth-order valence-electron chi connectivity index (χ4n) is 3.59. The van der Waals surface area contributed by atoms with Crippen LogP contribution in [0, 0.1) is 11.8 Å². The molecule has 22 heavy (non-hydrogen) atoms. The van der Waals surface area contributed by atoms with E-state index >= 15 is 0 Å². The number of hydrogen-bond acceptors (Lipinski definition) is 1. The lowest BCUT2D eigenvalue weighted by atomic mass is 9.87. The van der Waals surface area contributed by atoms with Gasteiger partial charge in [0, 0.05) is 11.9 Å². The Kier molecular flexibility index (Phi) is 4.66. The second-order valence-corrected chi connectivity index (χ2v) is 7.06. The molecule has 2 nitrogen and oxygen atoms in total. The van der Waals surface area contributed by atoms with E-state index in [-0.39, 0.29) is 0 Å². The first-order valence-corrected chi connectivity index (χ1v) is 8.81. The third kappa shape index (κ3) is 3.11. The molecule has 0 N–H and O–H groups in total. The van der Waals surface area contributed by atoms with Crippen LogP contribution in [-0.4, -0.2) is 9.78 Å². The summed E-state index contributed by atoms with van der Waals surface area (Å²) in [5.41, 5.74) is 3.50. The highest BCUT2D eigenvalue weighted by molar-refractivity contribution is 5.90. The lowest BCUT2D eigenvalue weighted by Gasteiger charge is -2.21. The van der Waals surface area contributed by atoms with Crippen molar-refractivity contribution >= 4 is 16.5 Å². The molecule has 0 amide bonds. The molecule has 0 atom stereocenters. The van der Waals surface area contributed by atoms with Crippen LogP contribution in [0.4, 0.5) is 0 Å². The summed E-state index contributed by atoms with van der Waals surface area (Å²) < 4.78 is 2.22. The summed E-state index contributed by atoms with van der Waals surface area (Å²) in [6.07, 6.45) is 8.34. The van der Waals surface area contributed by atoms with Gasteiger partial charge in [-0.2, -0.15) is 5.10 Å². The second-order valence-electron chi connectivity index (χ2n) is 7.06. The van der Waals surface area contributed by atoms with Gasteiger partial charge in [0.2, 0.25) is 0 Å². The number of hydrogen-bond donors (Lipinski definition) is 0. The standard InChI is InChI=1S/C20H28N2/c1-15(2)16(3)20-18-11-7-8-12-19(18)22(21-20)14-13-17-9-5-4-6-10-17/h7-8,11-12,15,17H,3-6,9-10,13-14H2,1-2H3. The molecule has 1 aliphatic rings. The fraction of sp³-hybridized carbons (Fsp3) is 0.550. The minimum Gasteiger partial charge on any atom is -0.264 e. The molecule has 2 heteroatoms. The van der Waals surface area contributed by atoms with E-state index in [9.17, 15) is 0 Å². The van der Waals surface area contributed by atoms with Crippen LogP contribution in [0.15, 0.2) is 30.8 Å². The molecule has 118 valence electrons. The summed E-state index contributed by atoms with van der Waals surface area (Å²) in [6, 6.07) is 8.60. The quantitative estimate of drug-likeness (QED) is 0.694. The number of para-hydroxylation sites is 1. The Morgan fingerprint density at radius 3 is 2.68 bits per heavy atom. The number of aromatic nitrogens is 2. The first-order valence-electron chi connectivity index (χ1n) is 8.81. The molecule has 1 aliphatic carbocycles. The molecule has 1 aromatic heterocycles. The number of fused-ring (bicyclic) bond motifs is 1. The maximum absolute atomic E-state index is 4.91. The first kappa shape index (κ1) is 15.3. The van der Waals surface area contributed by atoms with Crippen LogP contribution < -0.4 is 0 Å². The zero-order valence-corrected chi connectivity index (χ0v) is 14.0. The maximum Gasteiger partial charge on any atom is 0.0958 e. The average molecular weight is 296 g/mol. The molecular formula is C20H28N2. The molecule has 0 spiro atoms. The van der Waals surface area contributed by atoms with Crippen molar-refractivity contribution in [3.05, 3.63) is 36.5 Å². The van der Waals surface area contributed by atoms with E-state index in [1.807, 2.05) is 0 Å². The molecular weight excluding hydrogens is 268 g/mol. The van der Waals surface area contributed by atoms with Crippen molar-refractivity contribution in [2.75, 3.05) is 0 Å². The van der Waals surface area contributed by atoms with Gasteiger partial charge < -0.3 is 0 Å². The summed E-state index contributed by atoms with van der Waals surface area (Å²) in [5.74, 6) is 1.33. The van der Waals surface area contributed by atoms with Crippen molar-refractivity contribution in [3.63, 3.8) is 0 Å². The molecule has 1 fully saturated rings. The highest BCUT2D eigenvalue weighted by Gasteiger charge is 2.17. The van der Waals surface area contributed by atoms with E-state index < -0.39 is 0 Å². The van der Waals surface area contributed by atoms with Gasteiger partial charge in [0.1, 0.15) is 0 Å². The van der Waals surface area contributed by atoms with Crippen LogP contribution in [-0.2, 0) is 6.54 Å². The molecule has 1 heterocycles. The van der Waals surface area contributed by atoms with Gasteiger partial charge in [0.05, 0.1) is 11.2 Å². The van der Waals surface area contributed by atoms with Crippen LogP contribution in [0.2, 0.25) is 0 Å². The molecule has 0 unspecified atom stereocenters. The van der Waals surface area contributed by atoms with E-state index in [1.165, 1.54) is 49.4 Å². The summed E-state index contributed by atoms with van der Waals surface area (Å²) >= 11 is 0. The Morgan fingerprint density at radius 2 is 1.95 bits per heavy atom. The van der Waals surface area contributed by atoms with Crippen molar-refractivity contribution in [2.24, 2.45) is 11.8 Å². The largest absolute Gasteiger partial charge is 0.264 e. The zero-order chi connectivity index (χ0) is 15.5. The van der Waals surface area contributed by atoms with Crippen molar-refractivity contribution in [1.29, 1.82) is 0 Å². The van der Waals surface area contributed by atoms with Gasteiger partial charge in [-0.15, -0.1) is 0 Å². The lowest BCUT2D eigenvalue weighted by molar-refractivity contribution is 0.320. The zero-order valence-electron chi connectivity index (χ0n) is 14.0. The summed E-state index contributed by atoms with van der Waals surface area (Å²) in [5, 5.41) is 6.17. The Morgan fingerprint density at radius 1 is 1.23 bits per heavy atom. The monoisotopic (exact) mass is 296 g/mol. The van der Waals surface area contributed by atoms with E-state index in [2.05, 4.69) is 49.4 Å². The Labute approximate surface area is 134 Å². The minimum absolute atomic E-state index is 0.435. The Balaban J connectivity index is 1.84. The predicted octanol–water partition coefficient (Wildman–Crippen LogP) is 5.68. The Bertz CT molecular complexity index is 645. The van der Waals surface area contributed by atoms with E-state index in [1.54, 1.807) is 0 Å². The van der Waals surface area contributed by atoms with Crippen LogP contribution in [0.25, 0.3) is 16.5 Å².